The zero-order valence-electron chi connectivity index (χ0n) is 13.5. The molecule has 5 nitrogen and oxygen atoms in total. The first-order valence-electron chi connectivity index (χ1n) is 7.57. The summed E-state index contributed by atoms with van der Waals surface area (Å²) in [5, 5.41) is 28.1. The van der Waals surface area contributed by atoms with Crippen molar-refractivity contribution in [1.82, 2.24) is 4.57 Å². The Bertz CT molecular complexity index is 1080. The lowest BCUT2D eigenvalue weighted by Crippen LogP contribution is -2.04. The molecule has 0 radical (unpaired) electrons. The minimum absolute atomic E-state index is 0.135. The number of carboxylic acid groups (broad SMARTS) is 1. The molecule has 2 N–H and O–H groups in total. The molecule has 0 atom stereocenters. The summed E-state index contributed by atoms with van der Waals surface area (Å²) in [6.45, 7) is 0. The van der Waals surface area contributed by atoms with Crippen LogP contribution in [0.5, 0.6) is 5.75 Å². The predicted octanol–water partition coefficient (Wildman–Crippen LogP) is 4.44. The number of hydrogen-bond donors (Lipinski definition) is 2. The van der Waals surface area contributed by atoms with E-state index in [1.807, 2.05) is 6.07 Å². The lowest BCUT2D eigenvalue weighted by molar-refractivity contribution is -0.137. The van der Waals surface area contributed by atoms with Crippen molar-refractivity contribution in [3.05, 3.63) is 71.5 Å². The minimum Gasteiger partial charge on any atom is -0.507 e. The van der Waals surface area contributed by atoms with Crippen molar-refractivity contribution in [3.8, 4) is 28.6 Å². The van der Waals surface area contributed by atoms with Gasteiger partial charge in [0.1, 0.15) is 17.4 Å². The van der Waals surface area contributed by atoms with Crippen LogP contribution in [0.15, 0.2) is 54.9 Å². The molecule has 1 aromatic heterocycles. The molecule has 0 spiro atoms. The van der Waals surface area contributed by atoms with E-state index in [0.717, 1.165) is 12.1 Å². The van der Waals surface area contributed by atoms with E-state index >= 15 is 0 Å². The van der Waals surface area contributed by atoms with Crippen LogP contribution in [-0.2, 0) is 6.18 Å². The number of phenols is 1. The van der Waals surface area contributed by atoms with Crippen LogP contribution in [0.3, 0.4) is 0 Å². The van der Waals surface area contributed by atoms with Gasteiger partial charge in [-0.25, -0.2) is 4.79 Å². The largest absolute Gasteiger partial charge is 0.507 e. The van der Waals surface area contributed by atoms with E-state index in [1.165, 1.54) is 47.3 Å². The fourth-order valence-corrected chi connectivity index (χ4v) is 2.65. The summed E-state index contributed by atoms with van der Waals surface area (Å²) in [5.41, 5.74) is -0.134. The second kappa shape index (κ2) is 6.53. The van der Waals surface area contributed by atoms with Crippen molar-refractivity contribution >= 4 is 5.97 Å². The van der Waals surface area contributed by atoms with Gasteiger partial charge in [0, 0.05) is 29.7 Å². The average molecular weight is 372 g/mol. The van der Waals surface area contributed by atoms with E-state index in [0.29, 0.717) is 5.69 Å². The average Bonchev–Trinajstić information content (AvgIpc) is 3.05. The fraction of sp³-hybridized carbons (Fsp3) is 0.0526. The summed E-state index contributed by atoms with van der Waals surface area (Å²) in [5.74, 6) is -1.76. The third kappa shape index (κ3) is 3.48. The molecule has 3 rings (SSSR count). The highest BCUT2D eigenvalue weighted by atomic mass is 19.4. The molecule has 8 heteroatoms. The number of rotatable bonds is 3. The summed E-state index contributed by atoms with van der Waals surface area (Å²) < 4.78 is 40.2. The molecule has 0 fully saturated rings. The Morgan fingerprint density at radius 3 is 2.44 bits per heavy atom. The summed E-state index contributed by atoms with van der Waals surface area (Å²) in [6.07, 6.45) is -1.67. The second-order valence-electron chi connectivity index (χ2n) is 5.69. The Labute approximate surface area is 151 Å². The second-order valence-corrected chi connectivity index (χ2v) is 5.69. The maximum Gasteiger partial charge on any atom is 0.416 e. The molecule has 1 heterocycles. The smallest absolute Gasteiger partial charge is 0.416 e. The Morgan fingerprint density at radius 1 is 1.11 bits per heavy atom. The van der Waals surface area contributed by atoms with Crippen molar-refractivity contribution in [3.63, 3.8) is 0 Å². The van der Waals surface area contributed by atoms with Crippen LogP contribution in [0, 0.1) is 11.3 Å². The molecule has 0 amide bonds. The Balaban J connectivity index is 2.09. The van der Waals surface area contributed by atoms with E-state index in [2.05, 4.69) is 0 Å². The van der Waals surface area contributed by atoms with E-state index in [-0.39, 0.29) is 22.3 Å². The third-order valence-corrected chi connectivity index (χ3v) is 3.96. The van der Waals surface area contributed by atoms with Gasteiger partial charge < -0.3 is 14.8 Å². The number of alkyl halides is 3. The van der Waals surface area contributed by atoms with Crippen LogP contribution in [0.4, 0.5) is 13.2 Å². The van der Waals surface area contributed by atoms with E-state index in [1.54, 1.807) is 0 Å². The van der Waals surface area contributed by atoms with Crippen molar-refractivity contribution < 1.29 is 28.2 Å². The lowest BCUT2D eigenvalue weighted by Gasteiger charge is -2.08. The highest BCUT2D eigenvalue weighted by Gasteiger charge is 2.30. The summed E-state index contributed by atoms with van der Waals surface area (Å²) in [6, 6.07) is 10.3. The van der Waals surface area contributed by atoms with Crippen LogP contribution in [-0.4, -0.2) is 20.7 Å². The standard InChI is InChI=1S/C19H11F3N2O3/c20-19(21,22)13-3-1-2-11(6-13)16-10-24(9-12(16)8-23)14-4-5-15(18(26)27)17(25)7-14/h1-7,9-10,25H,(H,26,27). The number of aromatic carboxylic acids is 1. The molecule has 136 valence electrons. The molecule has 0 aliphatic rings. The van der Waals surface area contributed by atoms with Crippen LogP contribution in [0.1, 0.15) is 21.5 Å². The number of nitrogens with zero attached hydrogens (tertiary/aromatic N) is 2. The monoisotopic (exact) mass is 372 g/mol. The summed E-state index contributed by atoms with van der Waals surface area (Å²) >= 11 is 0. The van der Waals surface area contributed by atoms with Gasteiger partial charge in [-0.2, -0.15) is 18.4 Å². The Hall–Kier alpha value is -3.73. The first kappa shape index (κ1) is 18.1. The number of halogens is 3. The molecule has 2 aromatic carbocycles. The molecular formula is C19H11F3N2O3. The van der Waals surface area contributed by atoms with Gasteiger partial charge in [0.05, 0.1) is 11.1 Å². The van der Waals surface area contributed by atoms with Gasteiger partial charge in [0.25, 0.3) is 0 Å². The van der Waals surface area contributed by atoms with Crippen molar-refractivity contribution in [2.24, 2.45) is 0 Å². The number of carbonyl (C=O) groups is 1. The molecule has 0 saturated heterocycles. The molecule has 0 bridgehead atoms. The predicted molar refractivity (Wildman–Crippen MR) is 89.5 cm³/mol. The van der Waals surface area contributed by atoms with Gasteiger partial charge in [-0.3, -0.25) is 0 Å². The highest BCUT2D eigenvalue weighted by molar-refractivity contribution is 5.91. The van der Waals surface area contributed by atoms with Crippen molar-refractivity contribution in [2.45, 2.75) is 6.18 Å². The zero-order valence-corrected chi connectivity index (χ0v) is 13.5. The number of nitriles is 1. The molecule has 0 aliphatic heterocycles. The van der Waals surface area contributed by atoms with Gasteiger partial charge in [0.15, 0.2) is 0 Å². The quantitative estimate of drug-likeness (QED) is 0.712. The van der Waals surface area contributed by atoms with E-state index in [4.69, 9.17) is 5.11 Å². The Kier molecular flexibility index (Phi) is 4.37. The molecule has 0 aliphatic carbocycles. The van der Waals surface area contributed by atoms with Gasteiger partial charge >= 0.3 is 12.1 Å². The summed E-state index contributed by atoms with van der Waals surface area (Å²) in [7, 11) is 0. The normalized spacial score (nSPS) is 11.2. The zero-order chi connectivity index (χ0) is 19.8. The molecule has 0 saturated carbocycles. The lowest BCUT2D eigenvalue weighted by atomic mass is 10.0. The van der Waals surface area contributed by atoms with Gasteiger partial charge in [0.2, 0.25) is 0 Å². The first-order chi connectivity index (χ1) is 12.7. The van der Waals surface area contributed by atoms with Crippen molar-refractivity contribution in [1.29, 1.82) is 5.26 Å². The molecule has 0 unspecified atom stereocenters. The van der Waals surface area contributed by atoms with Crippen LogP contribution in [0.25, 0.3) is 16.8 Å². The molecule has 3 aromatic rings. The maximum absolute atomic E-state index is 12.9. The Morgan fingerprint density at radius 2 is 1.85 bits per heavy atom. The van der Waals surface area contributed by atoms with Gasteiger partial charge in [-0.15, -0.1) is 0 Å². The number of aromatic nitrogens is 1. The van der Waals surface area contributed by atoms with Crippen LogP contribution < -0.4 is 0 Å². The fourth-order valence-electron chi connectivity index (χ4n) is 2.65. The topological polar surface area (TPSA) is 86.2 Å². The van der Waals surface area contributed by atoms with Crippen molar-refractivity contribution in [2.75, 3.05) is 0 Å². The number of carboxylic acids is 1. The highest BCUT2D eigenvalue weighted by Crippen LogP contribution is 2.34. The van der Waals surface area contributed by atoms with Crippen LogP contribution in [0.2, 0.25) is 0 Å². The minimum atomic E-state index is -4.51. The van der Waals surface area contributed by atoms with Gasteiger partial charge in [-0.05, 0) is 29.8 Å². The van der Waals surface area contributed by atoms with E-state index in [9.17, 15) is 28.3 Å². The third-order valence-electron chi connectivity index (χ3n) is 3.96. The van der Waals surface area contributed by atoms with Crippen LogP contribution >= 0.6 is 0 Å². The maximum atomic E-state index is 12.9. The molecular weight excluding hydrogens is 361 g/mol. The number of hydrogen-bond acceptors (Lipinski definition) is 3. The first-order valence-corrected chi connectivity index (χ1v) is 7.57. The molecule has 27 heavy (non-hydrogen) atoms. The number of benzene rings is 2. The number of aromatic hydroxyl groups is 1. The summed E-state index contributed by atoms with van der Waals surface area (Å²) in [4.78, 5) is 11.0. The van der Waals surface area contributed by atoms with E-state index < -0.39 is 23.5 Å². The van der Waals surface area contributed by atoms with Gasteiger partial charge in [-0.1, -0.05) is 12.1 Å². The SMILES string of the molecule is N#Cc1cn(-c2ccc(C(=O)O)c(O)c2)cc1-c1cccc(C(F)(F)F)c1.